The molecule has 8 heteroatoms. The molecule has 2 N–H and O–H groups in total. The number of hydrogen-bond acceptors (Lipinski definition) is 4. The van der Waals surface area contributed by atoms with E-state index in [0.717, 1.165) is 11.6 Å². The predicted octanol–water partition coefficient (Wildman–Crippen LogP) is 4.02. The highest BCUT2D eigenvalue weighted by atomic mass is 35.5. The molecule has 0 bridgehead atoms. The van der Waals surface area contributed by atoms with Crippen LogP contribution < -0.4 is 15.4 Å². The Bertz CT molecular complexity index is 976. The molecule has 2 aromatic carbocycles. The minimum atomic E-state index is -0.485. The van der Waals surface area contributed by atoms with Gasteiger partial charge in [0.25, 0.3) is 11.8 Å². The lowest BCUT2D eigenvalue weighted by molar-refractivity contribution is -0.123. The fourth-order valence-electron chi connectivity index (χ4n) is 2.35. The number of hydrogen-bond donors (Lipinski definition) is 2. The average molecular weight is 403 g/mol. The number of benzene rings is 2. The highest BCUT2D eigenvalue weighted by molar-refractivity contribution is 6.32. The van der Waals surface area contributed by atoms with E-state index in [1.165, 1.54) is 18.4 Å². The minimum Gasteiger partial charge on any atom is -0.482 e. The van der Waals surface area contributed by atoms with E-state index in [0.29, 0.717) is 5.69 Å². The third-order valence-electron chi connectivity index (χ3n) is 3.67. The molecule has 0 unspecified atom stereocenters. The number of furan rings is 1. The molecule has 6 nitrogen and oxygen atoms in total. The summed E-state index contributed by atoms with van der Waals surface area (Å²) in [4.78, 5) is 23.9. The smallest absolute Gasteiger partial charge is 0.291 e. The van der Waals surface area contributed by atoms with Crippen molar-refractivity contribution in [2.24, 2.45) is 0 Å². The van der Waals surface area contributed by atoms with Gasteiger partial charge in [-0.15, -0.1) is 0 Å². The quantitative estimate of drug-likeness (QED) is 0.625. The van der Waals surface area contributed by atoms with E-state index in [-0.39, 0.29) is 41.5 Å². The van der Waals surface area contributed by atoms with Crippen molar-refractivity contribution in [2.45, 2.75) is 6.54 Å². The Kier molecular flexibility index (Phi) is 6.29. The Hall–Kier alpha value is -3.32. The van der Waals surface area contributed by atoms with Crippen molar-refractivity contribution in [3.63, 3.8) is 0 Å². The van der Waals surface area contributed by atoms with Crippen LogP contribution >= 0.6 is 11.6 Å². The molecular formula is C20H16ClFN2O4. The second-order valence-electron chi connectivity index (χ2n) is 5.77. The van der Waals surface area contributed by atoms with Crippen LogP contribution in [0.15, 0.2) is 65.3 Å². The van der Waals surface area contributed by atoms with Crippen LogP contribution in [0.1, 0.15) is 16.1 Å². The first-order chi connectivity index (χ1) is 13.5. The van der Waals surface area contributed by atoms with Gasteiger partial charge in [-0.25, -0.2) is 4.39 Å². The molecule has 0 spiro atoms. The van der Waals surface area contributed by atoms with Gasteiger partial charge < -0.3 is 19.8 Å². The molecule has 144 valence electrons. The zero-order chi connectivity index (χ0) is 19.9. The van der Waals surface area contributed by atoms with Gasteiger partial charge >= 0.3 is 0 Å². The molecule has 0 radical (unpaired) electrons. The maximum atomic E-state index is 13.0. The Morgan fingerprint density at radius 1 is 1.11 bits per heavy atom. The van der Waals surface area contributed by atoms with Gasteiger partial charge in [-0.05, 0) is 48.0 Å². The Morgan fingerprint density at radius 2 is 1.96 bits per heavy atom. The van der Waals surface area contributed by atoms with Crippen LogP contribution in [-0.2, 0) is 11.3 Å². The van der Waals surface area contributed by atoms with Crippen LogP contribution in [0.4, 0.5) is 10.1 Å². The third kappa shape index (κ3) is 5.34. The predicted molar refractivity (Wildman–Crippen MR) is 102 cm³/mol. The van der Waals surface area contributed by atoms with E-state index in [1.54, 1.807) is 36.4 Å². The summed E-state index contributed by atoms with van der Waals surface area (Å²) in [6, 6.07) is 13.9. The lowest BCUT2D eigenvalue weighted by Crippen LogP contribution is -2.28. The van der Waals surface area contributed by atoms with Gasteiger partial charge in [0.05, 0.1) is 11.3 Å². The van der Waals surface area contributed by atoms with E-state index in [1.807, 2.05) is 0 Å². The van der Waals surface area contributed by atoms with Crippen molar-refractivity contribution in [1.29, 1.82) is 0 Å². The molecule has 0 aliphatic rings. The van der Waals surface area contributed by atoms with Crippen molar-refractivity contribution in [2.75, 3.05) is 11.9 Å². The molecule has 1 heterocycles. The normalized spacial score (nSPS) is 10.4. The SMILES string of the molecule is O=C(COc1ccc(F)cc1Cl)NCc1cccc(NC(=O)c2ccco2)c1. The summed E-state index contributed by atoms with van der Waals surface area (Å²) in [7, 11) is 0. The minimum absolute atomic E-state index is 0.0906. The molecule has 0 fully saturated rings. The number of amides is 2. The largest absolute Gasteiger partial charge is 0.482 e. The van der Waals surface area contributed by atoms with E-state index < -0.39 is 5.82 Å². The molecule has 3 rings (SSSR count). The summed E-state index contributed by atoms with van der Waals surface area (Å²) >= 11 is 5.84. The van der Waals surface area contributed by atoms with Gasteiger partial charge in [0, 0.05) is 12.2 Å². The van der Waals surface area contributed by atoms with Crippen LogP contribution in [-0.4, -0.2) is 18.4 Å². The lowest BCUT2D eigenvalue weighted by atomic mass is 10.2. The molecule has 0 saturated heterocycles. The summed E-state index contributed by atoms with van der Waals surface area (Å²) in [6.45, 7) is -0.0237. The Labute approximate surface area is 165 Å². The number of carbonyl (C=O) groups is 2. The number of ether oxygens (including phenoxy) is 1. The van der Waals surface area contributed by atoms with Crippen LogP contribution in [0.5, 0.6) is 5.75 Å². The van der Waals surface area contributed by atoms with Crippen molar-refractivity contribution < 1.29 is 23.1 Å². The summed E-state index contributed by atoms with van der Waals surface area (Å²) in [6.07, 6.45) is 1.42. The van der Waals surface area contributed by atoms with Gasteiger partial charge in [0.15, 0.2) is 12.4 Å². The molecule has 0 atom stereocenters. The van der Waals surface area contributed by atoms with Crippen molar-refractivity contribution in [3.05, 3.63) is 83.0 Å². The van der Waals surface area contributed by atoms with E-state index >= 15 is 0 Å². The summed E-state index contributed by atoms with van der Waals surface area (Å²) in [5, 5.41) is 5.50. The van der Waals surface area contributed by atoms with Crippen LogP contribution in [0.2, 0.25) is 5.02 Å². The molecule has 0 aliphatic heterocycles. The standard InChI is InChI=1S/C20H16ClFN2O4/c21-16-10-14(22)6-7-17(16)28-12-19(25)23-11-13-3-1-4-15(9-13)24-20(26)18-5-2-8-27-18/h1-10H,11-12H2,(H,23,25)(H,24,26). The van der Waals surface area contributed by atoms with Crippen molar-refractivity contribution in [3.8, 4) is 5.75 Å². The maximum absolute atomic E-state index is 13.0. The average Bonchev–Trinajstić information content (AvgIpc) is 3.21. The van der Waals surface area contributed by atoms with Gasteiger partial charge in [0.1, 0.15) is 11.6 Å². The molecule has 0 saturated carbocycles. The fraction of sp³-hybridized carbons (Fsp3) is 0.100. The summed E-state index contributed by atoms with van der Waals surface area (Å²) < 4.78 is 23.3. The topological polar surface area (TPSA) is 80.6 Å². The zero-order valence-corrected chi connectivity index (χ0v) is 15.3. The van der Waals surface area contributed by atoms with Gasteiger partial charge in [0.2, 0.25) is 0 Å². The highest BCUT2D eigenvalue weighted by Gasteiger charge is 2.10. The van der Waals surface area contributed by atoms with Crippen molar-refractivity contribution >= 4 is 29.1 Å². The first kappa shape index (κ1) is 19.4. The van der Waals surface area contributed by atoms with E-state index in [9.17, 15) is 14.0 Å². The number of carbonyl (C=O) groups excluding carboxylic acids is 2. The van der Waals surface area contributed by atoms with Crippen LogP contribution in [0.25, 0.3) is 0 Å². The number of nitrogens with one attached hydrogen (secondary N) is 2. The lowest BCUT2D eigenvalue weighted by Gasteiger charge is -2.10. The molecule has 2 amide bonds. The molecular weight excluding hydrogens is 387 g/mol. The monoisotopic (exact) mass is 402 g/mol. The van der Waals surface area contributed by atoms with Gasteiger partial charge in [-0.1, -0.05) is 23.7 Å². The van der Waals surface area contributed by atoms with E-state index in [4.69, 9.17) is 20.8 Å². The third-order valence-corrected chi connectivity index (χ3v) is 3.97. The molecule has 3 aromatic rings. The molecule has 1 aromatic heterocycles. The Balaban J connectivity index is 1.50. The zero-order valence-electron chi connectivity index (χ0n) is 14.6. The fourth-order valence-corrected chi connectivity index (χ4v) is 2.57. The van der Waals surface area contributed by atoms with E-state index in [2.05, 4.69) is 10.6 Å². The first-order valence-corrected chi connectivity index (χ1v) is 8.67. The second kappa shape index (κ2) is 9.05. The number of halogens is 2. The number of rotatable bonds is 7. The van der Waals surface area contributed by atoms with Crippen LogP contribution in [0.3, 0.4) is 0 Å². The van der Waals surface area contributed by atoms with Crippen molar-refractivity contribution in [1.82, 2.24) is 5.32 Å². The van der Waals surface area contributed by atoms with Gasteiger partial charge in [-0.3, -0.25) is 9.59 Å². The second-order valence-corrected chi connectivity index (χ2v) is 6.18. The maximum Gasteiger partial charge on any atom is 0.291 e. The van der Waals surface area contributed by atoms with Gasteiger partial charge in [-0.2, -0.15) is 0 Å². The molecule has 28 heavy (non-hydrogen) atoms. The summed E-state index contributed by atoms with van der Waals surface area (Å²) in [5.74, 6) is -0.793. The first-order valence-electron chi connectivity index (χ1n) is 8.29. The molecule has 0 aliphatic carbocycles. The number of anilines is 1. The summed E-state index contributed by atoms with van der Waals surface area (Å²) in [5.41, 5.74) is 1.35. The Morgan fingerprint density at radius 3 is 2.71 bits per heavy atom. The highest BCUT2D eigenvalue weighted by Crippen LogP contribution is 2.24. The van der Waals surface area contributed by atoms with Crippen LogP contribution in [0, 0.1) is 5.82 Å².